The molecule has 86 valence electrons. The summed E-state index contributed by atoms with van der Waals surface area (Å²) in [7, 11) is 0. The normalized spacial score (nSPS) is 23.4. The largest absolute Gasteiger partial charge is 0.508 e. The second-order valence-corrected chi connectivity index (χ2v) is 4.70. The zero-order chi connectivity index (χ0) is 11.8. The average Bonchev–Trinajstić information content (AvgIpc) is 2.23. The number of rotatable bonds is 1. The Morgan fingerprint density at radius 3 is 2.81 bits per heavy atom. The number of phenolic OH excluding ortho intramolecular Hbond substituents is 1. The number of carbonyl (C=O) groups is 1. The number of hydrogen-bond acceptors (Lipinski definition) is 3. The number of alkyl carbamates (subject to hydrolysis) is 1. The zero-order valence-electron chi connectivity index (χ0n) is 9.36. The van der Waals surface area contributed by atoms with Gasteiger partial charge in [-0.25, -0.2) is 4.79 Å². The molecule has 4 heteroatoms. The minimum Gasteiger partial charge on any atom is -0.508 e. The molecule has 0 bridgehead atoms. The fourth-order valence-electron chi connectivity index (χ4n) is 1.92. The molecule has 1 aromatic rings. The number of carbonyl (C=O) groups excluding carboxylic acids is 1. The van der Waals surface area contributed by atoms with E-state index in [1.165, 1.54) is 0 Å². The number of hydrogen-bond donors (Lipinski definition) is 2. The maximum absolute atomic E-state index is 11.2. The van der Waals surface area contributed by atoms with Gasteiger partial charge in [-0.1, -0.05) is 32.0 Å². The third kappa shape index (κ3) is 1.83. The maximum atomic E-state index is 11.2. The van der Waals surface area contributed by atoms with Crippen LogP contribution in [0.5, 0.6) is 5.75 Å². The molecule has 1 aliphatic heterocycles. The van der Waals surface area contributed by atoms with Crippen LogP contribution in [0.25, 0.3) is 0 Å². The van der Waals surface area contributed by atoms with Crippen LogP contribution in [-0.2, 0) is 4.74 Å². The van der Waals surface area contributed by atoms with Crippen molar-refractivity contribution < 1.29 is 14.6 Å². The van der Waals surface area contributed by atoms with Gasteiger partial charge in [-0.3, -0.25) is 0 Å². The molecule has 16 heavy (non-hydrogen) atoms. The third-order valence-electron chi connectivity index (χ3n) is 2.87. The first-order valence-corrected chi connectivity index (χ1v) is 5.22. The van der Waals surface area contributed by atoms with Crippen molar-refractivity contribution in [3.63, 3.8) is 0 Å². The Morgan fingerprint density at radius 2 is 2.12 bits per heavy atom. The highest BCUT2D eigenvalue weighted by Crippen LogP contribution is 2.39. The summed E-state index contributed by atoms with van der Waals surface area (Å²) in [5.41, 5.74) is 0.483. The van der Waals surface area contributed by atoms with Crippen LogP contribution in [0.1, 0.15) is 25.5 Å². The summed E-state index contributed by atoms with van der Waals surface area (Å²) in [5.74, 6) is 0.197. The Kier molecular flexibility index (Phi) is 2.50. The molecule has 1 heterocycles. The molecule has 1 saturated heterocycles. The number of benzene rings is 1. The number of aromatic hydroxyl groups is 1. The molecule has 0 radical (unpaired) electrons. The second-order valence-electron chi connectivity index (χ2n) is 4.70. The van der Waals surface area contributed by atoms with E-state index in [-0.39, 0.29) is 17.2 Å². The first-order chi connectivity index (χ1) is 7.50. The average molecular weight is 221 g/mol. The molecular weight excluding hydrogens is 206 g/mol. The lowest BCUT2D eigenvalue weighted by atomic mass is 9.80. The lowest BCUT2D eigenvalue weighted by Gasteiger charge is -2.38. The van der Waals surface area contributed by atoms with Gasteiger partial charge in [0.05, 0.1) is 6.04 Å². The monoisotopic (exact) mass is 221 g/mol. The van der Waals surface area contributed by atoms with Gasteiger partial charge >= 0.3 is 6.09 Å². The van der Waals surface area contributed by atoms with Crippen molar-refractivity contribution in [2.75, 3.05) is 6.61 Å². The topological polar surface area (TPSA) is 58.6 Å². The highest BCUT2D eigenvalue weighted by Gasteiger charge is 2.38. The molecule has 1 atom stereocenters. The number of cyclic esters (lactones) is 1. The number of ether oxygens (including phenoxy) is 1. The van der Waals surface area contributed by atoms with Crippen molar-refractivity contribution >= 4 is 6.09 Å². The van der Waals surface area contributed by atoms with Crippen molar-refractivity contribution in [3.8, 4) is 5.75 Å². The molecule has 1 aliphatic rings. The van der Waals surface area contributed by atoms with Crippen LogP contribution in [0, 0.1) is 5.41 Å². The molecule has 4 nitrogen and oxygen atoms in total. The van der Waals surface area contributed by atoms with Gasteiger partial charge in [0.1, 0.15) is 12.4 Å². The van der Waals surface area contributed by atoms with Gasteiger partial charge in [0.25, 0.3) is 0 Å². The second kappa shape index (κ2) is 3.70. The van der Waals surface area contributed by atoms with E-state index in [1.54, 1.807) is 12.1 Å². The third-order valence-corrected chi connectivity index (χ3v) is 2.87. The molecule has 2 N–H and O–H groups in total. The Morgan fingerprint density at radius 1 is 1.44 bits per heavy atom. The molecule has 1 aromatic carbocycles. The molecule has 1 amide bonds. The van der Waals surface area contributed by atoms with Crippen molar-refractivity contribution in [2.24, 2.45) is 5.41 Å². The van der Waals surface area contributed by atoms with Crippen molar-refractivity contribution in [2.45, 2.75) is 19.9 Å². The van der Waals surface area contributed by atoms with Crippen molar-refractivity contribution in [3.05, 3.63) is 29.8 Å². The first kappa shape index (κ1) is 10.8. The highest BCUT2D eigenvalue weighted by atomic mass is 16.6. The minimum absolute atomic E-state index is 0.197. The molecule has 0 aliphatic carbocycles. The van der Waals surface area contributed by atoms with Crippen LogP contribution in [0.4, 0.5) is 4.79 Å². The summed E-state index contributed by atoms with van der Waals surface area (Å²) < 4.78 is 4.95. The lowest BCUT2D eigenvalue weighted by molar-refractivity contribution is 0.0381. The van der Waals surface area contributed by atoms with Gasteiger partial charge in [-0.05, 0) is 6.07 Å². The SMILES string of the molecule is CC1(C)COC(=O)N[C@@H]1c1ccccc1O. The summed E-state index contributed by atoms with van der Waals surface area (Å²) in [6, 6.07) is 6.80. The van der Waals surface area contributed by atoms with E-state index in [2.05, 4.69) is 5.32 Å². The van der Waals surface area contributed by atoms with Gasteiger partial charge < -0.3 is 15.2 Å². The van der Waals surface area contributed by atoms with E-state index in [1.807, 2.05) is 26.0 Å². The Bertz CT molecular complexity index is 414. The van der Waals surface area contributed by atoms with E-state index in [9.17, 15) is 9.90 Å². The fourth-order valence-corrected chi connectivity index (χ4v) is 1.92. The Hall–Kier alpha value is -1.71. The van der Waals surface area contributed by atoms with Gasteiger partial charge in [0.15, 0.2) is 0 Å². The summed E-state index contributed by atoms with van der Waals surface area (Å²) in [4.78, 5) is 11.2. The lowest BCUT2D eigenvalue weighted by Crippen LogP contribution is -2.46. The van der Waals surface area contributed by atoms with E-state index < -0.39 is 6.09 Å². The van der Waals surface area contributed by atoms with Crippen LogP contribution in [0.3, 0.4) is 0 Å². The fraction of sp³-hybridized carbons (Fsp3) is 0.417. The predicted molar refractivity (Wildman–Crippen MR) is 59.1 cm³/mol. The zero-order valence-corrected chi connectivity index (χ0v) is 9.36. The number of para-hydroxylation sites is 1. The molecule has 0 aromatic heterocycles. The Balaban J connectivity index is 2.38. The van der Waals surface area contributed by atoms with E-state index in [4.69, 9.17) is 4.74 Å². The number of amides is 1. The quantitative estimate of drug-likeness (QED) is 0.764. The molecule has 1 fully saturated rings. The molecule has 2 rings (SSSR count). The van der Waals surface area contributed by atoms with Crippen LogP contribution in [0.15, 0.2) is 24.3 Å². The van der Waals surface area contributed by atoms with E-state index in [0.29, 0.717) is 6.61 Å². The number of phenols is 1. The summed E-state index contributed by atoms with van der Waals surface area (Å²) in [6.45, 7) is 4.32. The minimum atomic E-state index is -0.437. The van der Waals surface area contributed by atoms with Crippen LogP contribution in [-0.4, -0.2) is 17.8 Å². The van der Waals surface area contributed by atoms with Crippen molar-refractivity contribution in [1.29, 1.82) is 0 Å². The van der Waals surface area contributed by atoms with E-state index >= 15 is 0 Å². The van der Waals surface area contributed by atoms with Crippen LogP contribution >= 0.6 is 0 Å². The summed E-state index contributed by atoms with van der Waals surface area (Å²) in [6.07, 6.45) is -0.437. The predicted octanol–water partition coefficient (Wildman–Crippen LogP) is 2.20. The summed E-state index contributed by atoms with van der Waals surface area (Å²) >= 11 is 0. The smallest absolute Gasteiger partial charge is 0.407 e. The molecule has 0 saturated carbocycles. The van der Waals surface area contributed by atoms with Gasteiger partial charge in [-0.15, -0.1) is 0 Å². The Labute approximate surface area is 94.2 Å². The molecule has 0 unspecified atom stereocenters. The highest BCUT2D eigenvalue weighted by molar-refractivity contribution is 5.69. The van der Waals surface area contributed by atoms with Crippen LogP contribution in [0.2, 0.25) is 0 Å². The van der Waals surface area contributed by atoms with Crippen molar-refractivity contribution in [1.82, 2.24) is 5.32 Å². The maximum Gasteiger partial charge on any atom is 0.407 e. The van der Waals surface area contributed by atoms with E-state index in [0.717, 1.165) is 5.56 Å². The van der Waals surface area contributed by atoms with Gasteiger partial charge in [-0.2, -0.15) is 0 Å². The van der Waals surface area contributed by atoms with Gasteiger partial charge in [0.2, 0.25) is 0 Å². The first-order valence-electron chi connectivity index (χ1n) is 5.22. The van der Waals surface area contributed by atoms with Gasteiger partial charge in [0, 0.05) is 11.0 Å². The summed E-state index contributed by atoms with van der Waals surface area (Å²) in [5, 5.41) is 12.5. The molecular formula is C12H15NO3. The standard InChI is InChI=1S/C12H15NO3/c1-12(2)7-16-11(15)13-10(12)8-5-3-4-6-9(8)14/h3-6,10,14H,7H2,1-2H3,(H,13,15)/t10-/m1/s1. The number of nitrogens with one attached hydrogen (secondary N) is 1. The molecule has 0 spiro atoms. The van der Waals surface area contributed by atoms with Crippen LogP contribution < -0.4 is 5.32 Å².